The van der Waals surface area contributed by atoms with Crippen molar-refractivity contribution >= 4 is 23.8 Å². The Morgan fingerprint density at radius 2 is 1.92 bits per heavy atom. The molecule has 2 aliphatic rings. The maximum Gasteiger partial charge on any atom is 0.416 e. The van der Waals surface area contributed by atoms with Gasteiger partial charge in [-0.3, -0.25) is 4.79 Å². The molecule has 5 nitrogen and oxygen atoms in total. The largest absolute Gasteiger partial charge is 0.480 e. The van der Waals surface area contributed by atoms with Gasteiger partial charge in [0, 0.05) is 23.9 Å². The second-order valence-electron chi connectivity index (χ2n) is 6.45. The zero-order valence-electron chi connectivity index (χ0n) is 14.0. The van der Waals surface area contributed by atoms with Gasteiger partial charge in [-0.1, -0.05) is 6.07 Å². The number of aliphatic carboxylic acids is 1. The molecule has 0 aromatic heterocycles. The van der Waals surface area contributed by atoms with Crippen molar-refractivity contribution in [3.63, 3.8) is 0 Å². The predicted molar refractivity (Wildman–Crippen MR) is 88.2 cm³/mol. The first-order valence-corrected chi connectivity index (χ1v) is 9.04. The standard InChI is InChI=1S/C17H18F3NO4S/c1-25-16(24)21-6-4-9(5-7-21)13-11-3-2-10(17(18,19)20)8-12(11)26-14(13)15(22)23/h2-3,8-9,13-14H,4-7H2,1H3,(H,22,23). The van der Waals surface area contributed by atoms with Crippen molar-refractivity contribution in [2.75, 3.05) is 20.2 Å². The Balaban J connectivity index is 1.85. The number of fused-ring (bicyclic) bond motifs is 1. The summed E-state index contributed by atoms with van der Waals surface area (Å²) >= 11 is 0.983. The summed E-state index contributed by atoms with van der Waals surface area (Å²) in [6, 6.07) is 3.46. The van der Waals surface area contributed by atoms with E-state index in [9.17, 15) is 27.9 Å². The predicted octanol–water partition coefficient (Wildman–Crippen LogP) is 3.83. The summed E-state index contributed by atoms with van der Waals surface area (Å²) in [6.07, 6.45) is -3.71. The highest BCUT2D eigenvalue weighted by Crippen LogP contribution is 2.52. The van der Waals surface area contributed by atoms with Gasteiger partial charge in [0.05, 0.1) is 12.7 Å². The Morgan fingerprint density at radius 1 is 1.27 bits per heavy atom. The van der Waals surface area contributed by atoms with E-state index in [4.69, 9.17) is 4.74 Å². The molecule has 142 valence electrons. The number of carboxylic acids is 1. The summed E-state index contributed by atoms with van der Waals surface area (Å²) in [5, 5.41) is 8.75. The van der Waals surface area contributed by atoms with Gasteiger partial charge in [0.15, 0.2) is 0 Å². The number of ether oxygens (including phenoxy) is 1. The first-order chi connectivity index (χ1) is 12.2. The van der Waals surface area contributed by atoms with Crippen LogP contribution in [0.3, 0.4) is 0 Å². The Kier molecular flexibility index (Phi) is 5.09. The number of carbonyl (C=O) groups is 2. The minimum Gasteiger partial charge on any atom is -0.480 e. The number of piperidine rings is 1. The van der Waals surface area contributed by atoms with Crippen LogP contribution in [0.4, 0.5) is 18.0 Å². The first kappa shape index (κ1) is 18.9. The van der Waals surface area contributed by atoms with Crippen LogP contribution < -0.4 is 0 Å². The fourth-order valence-corrected chi connectivity index (χ4v) is 5.16. The summed E-state index contributed by atoms with van der Waals surface area (Å²) in [5.74, 6) is -1.41. The first-order valence-electron chi connectivity index (χ1n) is 8.16. The number of hydrogen-bond donors (Lipinski definition) is 1. The van der Waals surface area contributed by atoms with E-state index >= 15 is 0 Å². The number of likely N-dealkylation sites (tertiary alicyclic amines) is 1. The van der Waals surface area contributed by atoms with Crippen LogP contribution in [0.1, 0.15) is 29.9 Å². The Hall–Kier alpha value is -1.90. The topological polar surface area (TPSA) is 66.8 Å². The maximum absolute atomic E-state index is 12.9. The van der Waals surface area contributed by atoms with Crippen LogP contribution in [0.15, 0.2) is 23.1 Å². The van der Waals surface area contributed by atoms with Gasteiger partial charge < -0.3 is 14.7 Å². The molecule has 0 aliphatic carbocycles. The number of carbonyl (C=O) groups excluding carboxylic acids is 1. The third kappa shape index (κ3) is 3.49. The lowest BCUT2D eigenvalue weighted by Crippen LogP contribution is -2.41. The van der Waals surface area contributed by atoms with Gasteiger partial charge in [-0.25, -0.2) is 4.79 Å². The molecule has 0 radical (unpaired) electrons. The summed E-state index contributed by atoms with van der Waals surface area (Å²) in [7, 11) is 1.30. The number of carboxylic acid groups (broad SMARTS) is 1. The number of rotatable bonds is 2. The number of alkyl halides is 3. The van der Waals surface area contributed by atoms with Crippen molar-refractivity contribution in [2.45, 2.75) is 35.1 Å². The molecular formula is C17H18F3NO4S. The maximum atomic E-state index is 12.9. The zero-order chi connectivity index (χ0) is 19.1. The van der Waals surface area contributed by atoms with Crippen LogP contribution in [0.2, 0.25) is 0 Å². The lowest BCUT2D eigenvalue weighted by Gasteiger charge is -2.35. The van der Waals surface area contributed by atoms with E-state index in [1.165, 1.54) is 13.2 Å². The SMILES string of the molecule is COC(=O)N1CCC(C2c3ccc(C(F)(F)F)cc3SC2C(=O)O)CC1. The van der Waals surface area contributed by atoms with Crippen LogP contribution in [0.5, 0.6) is 0 Å². The lowest BCUT2D eigenvalue weighted by molar-refractivity contribution is -0.138. The van der Waals surface area contributed by atoms with E-state index in [2.05, 4.69) is 0 Å². The smallest absolute Gasteiger partial charge is 0.416 e. The van der Waals surface area contributed by atoms with Crippen LogP contribution in [-0.2, 0) is 15.7 Å². The van der Waals surface area contributed by atoms with Crippen molar-refractivity contribution in [1.29, 1.82) is 0 Å². The number of methoxy groups -OCH3 is 1. The van der Waals surface area contributed by atoms with Crippen LogP contribution >= 0.6 is 11.8 Å². The zero-order valence-corrected chi connectivity index (χ0v) is 14.8. The Labute approximate surface area is 152 Å². The van der Waals surface area contributed by atoms with Gasteiger partial charge in [0.1, 0.15) is 5.25 Å². The molecule has 1 fully saturated rings. The molecule has 1 N–H and O–H groups in total. The lowest BCUT2D eigenvalue weighted by atomic mass is 9.78. The van der Waals surface area contributed by atoms with Gasteiger partial charge in [-0.2, -0.15) is 13.2 Å². The number of halogens is 3. The van der Waals surface area contributed by atoms with Crippen LogP contribution in [0.25, 0.3) is 0 Å². The average Bonchev–Trinajstić information content (AvgIpc) is 2.99. The number of amides is 1. The van der Waals surface area contributed by atoms with E-state index < -0.39 is 29.1 Å². The van der Waals surface area contributed by atoms with E-state index in [1.54, 1.807) is 4.90 Å². The molecule has 2 unspecified atom stereocenters. The number of benzene rings is 1. The highest BCUT2D eigenvalue weighted by molar-refractivity contribution is 8.01. The fourth-order valence-electron chi connectivity index (χ4n) is 3.74. The van der Waals surface area contributed by atoms with Gasteiger partial charge in [0.2, 0.25) is 0 Å². The molecule has 0 bridgehead atoms. The molecule has 0 saturated carbocycles. The number of nitrogens with zero attached hydrogens (tertiary/aromatic N) is 1. The fraction of sp³-hybridized carbons (Fsp3) is 0.529. The molecule has 1 aromatic carbocycles. The van der Waals surface area contributed by atoms with Crippen LogP contribution in [0, 0.1) is 5.92 Å². The third-order valence-corrected chi connectivity index (χ3v) is 6.36. The van der Waals surface area contributed by atoms with Crippen LogP contribution in [-0.4, -0.2) is 47.5 Å². The molecule has 2 atom stereocenters. The minimum absolute atomic E-state index is 0.0116. The molecular weight excluding hydrogens is 371 g/mol. The molecule has 0 spiro atoms. The summed E-state index contributed by atoms with van der Waals surface area (Å²) < 4.78 is 43.5. The van der Waals surface area contributed by atoms with Gasteiger partial charge >= 0.3 is 18.2 Å². The Bertz CT molecular complexity index is 716. The van der Waals surface area contributed by atoms with Gasteiger partial charge in [0.25, 0.3) is 0 Å². The highest BCUT2D eigenvalue weighted by Gasteiger charge is 2.44. The van der Waals surface area contributed by atoms with Crippen molar-refractivity contribution in [2.24, 2.45) is 5.92 Å². The second-order valence-corrected chi connectivity index (χ2v) is 7.63. The number of thioether (sulfide) groups is 1. The van der Waals surface area contributed by atoms with Crippen molar-refractivity contribution < 1.29 is 32.6 Å². The molecule has 2 heterocycles. The van der Waals surface area contributed by atoms with E-state index in [1.807, 2.05) is 0 Å². The molecule has 1 aromatic rings. The quantitative estimate of drug-likeness (QED) is 0.833. The summed E-state index contributed by atoms with van der Waals surface area (Å²) in [4.78, 5) is 25.2. The molecule has 3 rings (SSSR count). The highest BCUT2D eigenvalue weighted by atomic mass is 32.2. The second kappa shape index (κ2) is 7.02. The minimum atomic E-state index is -4.46. The van der Waals surface area contributed by atoms with E-state index in [0.29, 0.717) is 36.4 Å². The van der Waals surface area contributed by atoms with Gasteiger partial charge in [-0.05, 0) is 36.5 Å². The molecule has 2 aliphatic heterocycles. The third-order valence-electron chi connectivity index (χ3n) is 5.00. The van der Waals surface area contributed by atoms with Gasteiger partial charge in [-0.15, -0.1) is 11.8 Å². The molecule has 26 heavy (non-hydrogen) atoms. The van der Waals surface area contributed by atoms with Crippen molar-refractivity contribution in [1.82, 2.24) is 4.90 Å². The van der Waals surface area contributed by atoms with E-state index in [0.717, 1.165) is 23.9 Å². The average molecular weight is 389 g/mol. The normalized spacial score (nSPS) is 23.6. The monoisotopic (exact) mass is 389 g/mol. The van der Waals surface area contributed by atoms with Crippen molar-refractivity contribution in [3.05, 3.63) is 29.3 Å². The number of hydrogen-bond acceptors (Lipinski definition) is 4. The molecule has 9 heteroatoms. The van der Waals surface area contributed by atoms with Crippen molar-refractivity contribution in [3.8, 4) is 0 Å². The summed E-state index contributed by atoms with van der Waals surface area (Å²) in [5.41, 5.74) is -0.110. The molecule has 1 saturated heterocycles. The summed E-state index contributed by atoms with van der Waals surface area (Å²) in [6.45, 7) is 0.891. The van der Waals surface area contributed by atoms with E-state index in [-0.39, 0.29) is 11.8 Å². The Morgan fingerprint density at radius 3 is 2.46 bits per heavy atom. The molecule has 1 amide bonds.